The standard InChI is InChI=1S/C19H27NO6/c1-14(9-10-16-7-5-4-6-8-16)11-12-25-19(23)26-13-17(18(22)24-3)20-15(2)21/h4-8,14,17H,9-13H2,1-3H3,(H,20,21). The molecular formula is C19H27NO6. The Morgan fingerprint density at radius 2 is 1.77 bits per heavy atom. The van der Waals surface area contributed by atoms with Crippen molar-refractivity contribution in [3.63, 3.8) is 0 Å². The first-order chi connectivity index (χ1) is 12.4. The average molecular weight is 365 g/mol. The summed E-state index contributed by atoms with van der Waals surface area (Å²) in [5, 5.41) is 2.35. The third-order valence-electron chi connectivity index (χ3n) is 3.83. The average Bonchev–Trinajstić information content (AvgIpc) is 2.63. The minimum absolute atomic E-state index is 0.234. The first kappa shape index (κ1) is 21.5. The number of hydrogen-bond donors (Lipinski definition) is 1. The lowest BCUT2D eigenvalue weighted by Crippen LogP contribution is -2.44. The van der Waals surface area contributed by atoms with Gasteiger partial charge in [-0.1, -0.05) is 37.3 Å². The molecule has 0 aliphatic rings. The maximum atomic E-state index is 11.6. The van der Waals surface area contributed by atoms with Crippen LogP contribution in [0.4, 0.5) is 4.79 Å². The van der Waals surface area contributed by atoms with Crippen LogP contribution in [0.1, 0.15) is 32.3 Å². The van der Waals surface area contributed by atoms with Crippen LogP contribution in [0.5, 0.6) is 0 Å². The monoisotopic (exact) mass is 365 g/mol. The molecule has 0 aliphatic heterocycles. The van der Waals surface area contributed by atoms with Gasteiger partial charge in [0.25, 0.3) is 0 Å². The summed E-state index contributed by atoms with van der Waals surface area (Å²) in [7, 11) is 1.19. The molecule has 0 saturated heterocycles. The quantitative estimate of drug-likeness (QED) is 0.641. The summed E-state index contributed by atoms with van der Waals surface area (Å²) >= 11 is 0. The molecule has 2 atom stereocenters. The Balaban J connectivity index is 2.22. The minimum atomic E-state index is -1.05. The van der Waals surface area contributed by atoms with Gasteiger partial charge in [0.15, 0.2) is 6.04 Å². The lowest BCUT2D eigenvalue weighted by atomic mass is 9.99. The van der Waals surface area contributed by atoms with E-state index in [1.807, 2.05) is 18.2 Å². The summed E-state index contributed by atoms with van der Waals surface area (Å²) in [5.74, 6) is -0.725. The maximum Gasteiger partial charge on any atom is 0.508 e. The van der Waals surface area contributed by atoms with Crippen molar-refractivity contribution in [1.29, 1.82) is 0 Å². The molecule has 7 nitrogen and oxygen atoms in total. The van der Waals surface area contributed by atoms with Crippen LogP contribution in [-0.4, -0.2) is 44.4 Å². The summed E-state index contributed by atoms with van der Waals surface area (Å²) in [6, 6.07) is 9.16. The van der Waals surface area contributed by atoms with Gasteiger partial charge in [-0.05, 0) is 30.7 Å². The highest BCUT2D eigenvalue weighted by atomic mass is 16.7. The van der Waals surface area contributed by atoms with Crippen LogP contribution in [0, 0.1) is 5.92 Å². The molecule has 0 saturated carbocycles. The summed E-state index contributed by atoms with van der Waals surface area (Å²) < 4.78 is 14.4. The van der Waals surface area contributed by atoms with Gasteiger partial charge in [0.2, 0.25) is 5.91 Å². The molecule has 0 spiro atoms. The summed E-state index contributed by atoms with van der Waals surface area (Å²) in [6.45, 7) is 3.25. The fourth-order valence-corrected chi connectivity index (χ4v) is 2.29. The first-order valence-corrected chi connectivity index (χ1v) is 8.60. The van der Waals surface area contributed by atoms with Crippen molar-refractivity contribution in [1.82, 2.24) is 5.32 Å². The van der Waals surface area contributed by atoms with Crippen LogP contribution >= 0.6 is 0 Å². The van der Waals surface area contributed by atoms with Crippen LogP contribution in [0.3, 0.4) is 0 Å². The molecule has 1 N–H and O–H groups in total. The van der Waals surface area contributed by atoms with Crippen LogP contribution in [-0.2, 0) is 30.2 Å². The number of carbonyl (C=O) groups is 3. The Morgan fingerprint density at radius 3 is 2.38 bits per heavy atom. The summed E-state index contributed by atoms with van der Waals surface area (Å²) in [5.41, 5.74) is 1.28. The van der Waals surface area contributed by atoms with Crippen LogP contribution < -0.4 is 5.32 Å². The van der Waals surface area contributed by atoms with Crippen molar-refractivity contribution < 1.29 is 28.6 Å². The zero-order valence-electron chi connectivity index (χ0n) is 15.5. The maximum absolute atomic E-state index is 11.6. The van der Waals surface area contributed by atoms with E-state index in [0.29, 0.717) is 12.3 Å². The topological polar surface area (TPSA) is 90.9 Å². The third kappa shape index (κ3) is 9.05. The van der Waals surface area contributed by atoms with E-state index in [1.165, 1.54) is 19.6 Å². The molecule has 0 heterocycles. The van der Waals surface area contributed by atoms with Crippen molar-refractivity contribution >= 4 is 18.0 Å². The van der Waals surface area contributed by atoms with Crippen LogP contribution in [0.15, 0.2) is 30.3 Å². The number of carbonyl (C=O) groups excluding carboxylic acids is 3. The first-order valence-electron chi connectivity index (χ1n) is 8.60. The van der Waals surface area contributed by atoms with Gasteiger partial charge >= 0.3 is 12.1 Å². The molecule has 2 unspecified atom stereocenters. The summed E-state index contributed by atoms with van der Waals surface area (Å²) in [4.78, 5) is 34.1. The van der Waals surface area contributed by atoms with E-state index < -0.39 is 24.1 Å². The molecule has 0 aliphatic carbocycles. The minimum Gasteiger partial charge on any atom is -0.467 e. The highest BCUT2D eigenvalue weighted by Crippen LogP contribution is 2.12. The smallest absolute Gasteiger partial charge is 0.467 e. The Kier molecular flexibility index (Phi) is 9.82. The lowest BCUT2D eigenvalue weighted by Gasteiger charge is -2.16. The second kappa shape index (κ2) is 11.9. The van der Waals surface area contributed by atoms with E-state index in [4.69, 9.17) is 9.47 Å². The molecular weight excluding hydrogens is 338 g/mol. The zero-order chi connectivity index (χ0) is 19.4. The van der Waals surface area contributed by atoms with Gasteiger partial charge in [-0.15, -0.1) is 0 Å². The lowest BCUT2D eigenvalue weighted by molar-refractivity contribution is -0.146. The van der Waals surface area contributed by atoms with E-state index in [-0.39, 0.29) is 13.2 Å². The molecule has 1 amide bonds. The number of ether oxygens (including phenoxy) is 3. The second-order valence-corrected chi connectivity index (χ2v) is 6.10. The van der Waals surface area contributed by atoms with Crippen molar-refractivity contribution in [2.45, 2.75) is 39.2 Å². The Hall–Kier alpha value is -2.57. The van der Waals surface area contributed by atoms with Crippen molar-refractivity contribution in [3.8, 4) is 0 Å². The molecule has 1 aromatic carbocycles. The van der Waals surface area contributed by atoms with Crippen molar-refractivity contribution in [2.24, 2.45) is 5.92 Å². The van der Waals surface area contributed by atoms with Gasteiger partial charge in [-0.25, -0.2) is 9.59 Å². The SMILES string of the molecule is COC(=O)C(COC(=O)OCCC(C)CCc1ccccc1)NC(C)=O. The Morgan fingerprint density at radius 1 is 1.08 bits per heavy atom. The third-order valence-corrected chi connectivity index (χ3v) is 3.83. The number of esters is 1. The van der Waals surface area contributed by atoms with E-state index >= 15 is 0 Å². The van der Waals surface area contributed by atoms with Crippen LogP contribution in [0.2, 0.25) is 0 Å². The van der Waals surface area contributed by atoms with E-state index in [0.717, 1.165) is 12.8 Å². The van der Waals surface area contributed by atoms with E-state index in [9.17, 15) is 14.4 Å². The molecule has 0 bridgehead atoms. The van der Waals surface area contributed by atoms with Crippen LogP contribution in [0.25, 0.3) is 0 Å². The predicted octanol–water partition coefficient (Wildman–Crippen LogP) is 2.48. The van der Waals surface area contributed by atoms with E-state index in [2.05, 4.69) is 29.1 Å². The number of methoxy groups -OCH3 is 1. The Bertz CT molecular complexity index is 575. The highest BCUT2D eigenvalue weighted by molar-refractivity contribution is 5.83. The number of aryl methyl sites for hydroxylation is 1. The predicted molar refractivity (Wildman–Crippen MR) is 95.5 cm³/mol. The number of benzene rings is 1. The number of nitrogens with one attached hydrogen (secondary N) is 1. The van der Waals surface area contributed by atoms with E-state index in [1.54, 1.807) is 0 Å². The summed E-state index contributed by atoms with van der Waals surface area (Å²) in [6.07, 6.45) is 1.81. The molecule has 1 rings (SSSR count). The molecule has 0 fully saturated rings. The molecule has 7 heteroatoms. The van der Waals surface area contributed by atoms with Gasteiger partial charge in [-0.3, -0.25) is 4.79 Å². The second-order valence-electron chi connectivity index (χ2n) is 6.10. The zero-order valence-corrected chi connectivity index (χ0v) is 15.5. The van der Waals surface area contributed by atoms with Gasteiger partial charge < -0.3 is 19.5 Å². The molecule has 26 heavy (non-hydrogen) atoms. The largest absolute Gasteiger partial charge is 0.508 e. The normalized spacial score (nSPS) is 12.6. The van der Waals surface area contributed by atoms with Gasteiger partial charge in [0.1, 0.15) is 6.61 Å². The van der Waals surface area contributed by atoms with Crippen molar-refractivity contribution in [3.05, 3.63) is 35.9 Å². The molecule has 0 aromatic heterocycles. The fourth-order valence-electron chi connectivity index (χ4n) is 2.29. The molecule has 144 valence electrons. The fraction of sp³-hybridized carbons (Fsp3) is 0.526. The number of amides is 1. The van der Waals surface area contributed by atoms with Gasteiger partial charge in [0.05, 0.1) is 13.7 Å². The van der Waals surface area contributed by atoms with Gasteiger partial charge in [0, 0.05) is 6.92 Å². The number of rotatable bonds is 10. The highest BCUT2D eigenvalue weighted by Gasteiger charge is 2.22. The van der Waals surface area contributed by atoms with Gasteiger partial charge in [-0.2, -0.15) is 0 Å². The number of hydrogen-bond acceptors (Lipinski definition) is 6. The molecule has 0 radical (unpaired) electrons. The Labute approximate surface area is 154 Å². The molecule has 1 aromatic rings. The van der Waals surface area contributed by atoms with Crippen molar-refractivity contribution in [2.75, 3.05) is 20.3 Å².